The summed E-state index contributed by atoms with van der Waals surface area (Å²) in [5, 5.41) is 4.02. The maximum absolute atomic E-state index is 5.45. The second kappa shape index (κ2) is 7.12. The molecule has 2 aromatic rings. The molecule has 0 bridgehead atoms. The molecule has 0 aromatic carbocycles. The average Bonchev–Trinajstić information content (AvgIpc) is 3.05. The summed E-state index contributed by atoms with van der Waals surface area (Å²) in [5.41, 5.74) is 0.946. The van der Waals surface area contributed by atoms with E-state index in [9.17, 15) is 0 Å². The number of rotatable bonds is 5. The van der Waals surface area contributed by atoms with E-state index >= 15 is 0 Å². The second-order valence-electron chi connectivity index (χ2n) is 6.33. The molecule has 1 saturated heterocycles. The maximum Gasteiger partial charge on any atom is 0.265 e. The molecule has 3 rings (SSSR count). The standard InChI is InChI=1S/C16H24N6O2/c1-11-8-14(18-13(17-11)10-23-4)22-7-5-6-12(9-22)15-19-16(20-24-15)21(2)3/h8,12H,5-7,9-10H2,1-4H3. The predicted octanol–water partition coefficient (Wildman–Crippen LogP) is 1.76. The molecule has 0 aliphatic carbocycles. The van der Waals surface area contributed by atoms with Crippen LogP contribution in [-0.2, 0) is 11.3 Å². The highest BCUT2D eigenvalue weighted by Crippen LogP contribution is 2.29. The molecular weight excluding hydrogens is 308 g/mol. The zero-order valence-corrected chi connectivity index (χ0v) is 14.7. The fraction of sp³-hybridized carbons (Fsp3) is 0.625. The highest BCUT2D eigenvalue weighted by Gasteiger charge is 2.27. The molecule has 130 valence electrons. The normalized spacial score (nSPS) is 18.0. The van der Waals surface area contributed by atoms with Crippen molar-refractivity contribution in [1.29, 1.82) is 0 Å². The molecule has 1 fully saturated rings. The summed E-state index contributed by atoms with van der Waals surface area (Å²) in [6.45, 7) is 4.18. The maximum atomic E-state index is 5.45. The van der Waals surface area contributed by atoms with E-state index in [2.05, 4.69) is 25.0 Å². The van der Waals surface area contributed by atoms with Crippen LogP contribution in [0.3, 0.4) is 0 Å². The molecule has 1 aliphatic heterocycles. The minimum absolute atomic E-state index is 0.223. The zero-order chi connectivity index (χ0) is 17.1. The number of aryl methyl sites for hydroxylation is 1. The first-order valence-electron chi connectivity index (χ1n) is 8.16. The van der Waals surface area contributed by atoms with Crippen LogP contribution in [0.2, 0.25) is 0 Å². The number of aromatic nitrogens is 4. The van der Waals surface area contributed by atoms with Gasteiger partial charge in [0.15, 0.2) is 5.82 Å². The van der Waals surface area contributed by atoms with Crippen molar-refractivity contribution in [3.8, 4) is 0 Å². The first-order valence-corrected chi connectivity index (χ1v) is 8.16. The fourth-order valence-corrected chi connectivity index (χ4v) is 2.93. The van der Waals surface area contributed by atoms with Gasteiger partial charge in [0.1, 0.15) is 12.4 Å². The largest absolute Gasteiger partial charge is 0.377 e. The molecule has 0 amide bonds. The fourth-order valence-electron chi connectivity index (χ4n) is 2.93. The molecule has 0 N–H and O–H groups in total. The van der Waals surface area contributed by atoms with Crippen molar-refractivity contribution in [2.75, 3.05) is 44.1 Å². The summed E-state index contributed by atoms with van der Waals surface area (Å²) in [5.74, 6) is 3.18. The lowest BCUT2D eigenvalue weighted by Crippen LogP contribution is -2.35. The van der Waals surface area contributed by atoms with Gasteiger partial charge in [-0.15, -0.1) is 0 Å². The van der Waals surface area contributed by atoms with Crippen LogP contribution in [0.5, 0.6) is 0 Å². The van der Waals surface area contributed by atoms with Gasteiger partial charge in [0.05, 0.1) is 5.92 Å². The lowest BCUT2D eigenvalue weighted by molar-refractivity contribution is 0.177. The monoisotopic (exact) mass is 332 g/mol. The van der Waals surface area contributed by atoms with E-state index in [-0.39, 0.29) is 5.92 Å². The van der Waals surface area contributed by atoms with Crippen LogP contribution in [-0.4, -0.2) is 54.4 Å². The van der Waals surface area contributed by atoms with Gasteiger partial charge in [-0.25, -0.2) is 9.97 Å². The highest BCUT2D eigenvalue weighted by molar-refractivity contribution is 5.41. The number of hydrogen-bond donors (Lipinski definition) is 0. The summed E-state index contributed by atoms with van der Waals surface area (Å²) in [6.07, 6.45) is 2.10. The summed E-state index contributed by atoms with van der Waals surface area (Å²) >= 11 is 0. The molecule has 2 aromatic heterocycles. The molecule has 8 nitrogen and oxygen atoms in total. The summed E-state index contributed by atoms with van der Waals surface area (Å²) in [7, 11) is 5.46. The van der Waals surface area contributed by atoms with Crippen molar-refractivity contribution in [3.63, 3.8) is 0 Å². The molecular formula is C16H24N6O2. The van der Waals surface area contributed by atoms with Crippen LogP contribution >= 0.6 is 0 Å². The quantitative estimate of drug-likeness (QED) is 0.819. The number of ether oxygens (including phenoxy) is 1. The summed E-state index contributed by atoms with van der Waals surface area (Å²) in [4.78, 5) is 17.6. The van der Waals surface area contributed by atoms with Crippen LogP contribution in [0.25, 0.3) is 0 Å². The van der Waals surface area contributed by atoms with Gasteiger partial charge in [0.25, 0.3) is 5.95 Å². The van der Waals surface area contributed by atoms with Gasteiger partial charge in [-0.3, -0.25) is 0 Å². The van der Waals surface area contributed by atoms with Gasteiger partial charge >= 0.3 is 0 Å². The molecule has 1 aliphatic rings. The van der Waals surface area contributed by atoms with Crippen molar-refractivity contribution in [1.82, 2.24) is 20.1 Å². The van der Waals surface area contributed by atoms with Gasteiger partial charge in [-0.05, 0) is 24.9 Å². The predicted molar refractivity (Wildman–Crippen MR) is 90.3 cm³/mol. The summed E-state index contributed by atoms with van der Waals surface area (Å²) in [6, 6.07) is 2.01. The van der Waals surface area contributed by atoms with Gasteiger partial charge in [-0.1, -0.05) is 0 Å². The Morgan fingerprint density at radius 3 is 2.88 bits per heavy atom. The van der Waals surface area contributed by atoms with Crippen LogP contribution in [0.4, 0.5) is 11.8 Å². The van der Waals surface area contributed by atoms with E-state index in [1.165, 1.54) is 0 Å². The Kier molecular flexibility index (Phi) is 4.94. The molecule has 1 atom stereocenters. The molecule has 1 unspecified atom stereocenters. The number of nitrogens with zero attached hydrogens (tertiary/aromatic N) is 6. The van der Waals surface area contributed by atoms with Crippen LogP contribution in [0.1, 0.15) is 36.2 Å². The molecule has 0 saturated carbocycles. The topological polar surface area (TPSA) is 80.4 Å². The summed E-state index contributed by atoms with van der Waals surface area (Å²) < 4.78 is 10.6. The molecule has 8 heteroatoms. The van der Waals surface area contributed by atoms with Gasteiger partial charge in [-0.2, -0.15) is 4.98 Å². The van der Waals surface area contributed by atoms with Crippen molar-refractivity contribution >= 4 is 11.8 Å². The number of hydrogen-bond acceptors (Lipinski definition) is 8. The van der Waals surface area contributed by atoms with Crippen molar-refractivity contribution < 1.29 is 9.26 Å². The SMILES string of the molecule is COCc1nc(C)cc(N2CCCC(c3nc(N(C)C)no3)C2)n1. The third-order valence-electron chi connectivity index (χ3n) is 4.09. The Hall–Kier alpha value is -2.22. The zero-order valence-electron chi connectivity index (χ0n) is 14.7. The van der Waals surface area contributed by atoms with Crippen molar-refractivity contribution in [3.05, 3.63) is 23.5 Å². The molecule has 3 heterocycles. The van der Waals surface area contributed by atoms with Gasteiger partial charge < -0.3 is 19.1 Å². The Morgan fingerprint density at radius 1 is 1.33 bits per heavy atom. The van der Waals surface area contributed by atoms with Gasteiger partial charge in [0, 0.05) is 46.1 Å². The van der Waals surface area contributed by atoms with Crippen LogP contribution in [0, 0.1) is 6.92 Å². The minimum Gasteiger partial charge on any atom is -0.377 e. The number of piperidine rings is 1. The minimum atomic E-state index is 0.223. The molecule has 0 spiro atoms. The third-order valence-corrected chi connectivity index (χ3v) is 4.09. The van der Waals surface area contributed by atoms with E-state index in [4.69, 9.17) is 9.26 Å². The van der Waals surface area contributed by atoms with E-state index in [1.54, 1.807) is 7.11 Å². The second-order valence-corrected chi connectivity index (χ2v) is 6.33. The average molecular weight is 332 g/mol. The lowest BCUT2D eigenvalue weighted by atomic mass is 9.98. The number of anilines is 2. The van der Waals surface area contributed by atoms with Crippen LogP contribution < -0.4 is 9.80 Å². The third kappa shape index (κ3) is 3.64. The lowest BCUT2D eigenvalue weighted by Gasteiger charge is -2.32. The van der Waals surface area contributed by atoms with E-state index in [1.807, 2.05) is 32.0 Å². The van der Waals surface area contributed by atoms with E-state index in [0.29, 0.717) is 24.3 Å². The first-order chi connectivity index (χ1) is 11.6. The van der Waals surface area contributed by atoms with Crippen molar-refractivity contribution in [2.24, 2.45) is 0 Å². The van der Waals surface area contributed by atoms with E-state index < -0.39 is 0 Å². The van der Waals surface area contributed by atoms with Gasteiger partial charge in [0.2, 0.25) is 5.89 Å². The highest BCUT2D eigenvalue weighted by atomic mass is 16.5. The Labute approximate surface area is 141 Å². The van der Waals surface area contributed by atoms with Crippen molar-refractivity contribution in [2.45, 2.75) is 32.3 Å². The molecule has 24 heavy (non-hydrogen) atoms. The van der Waals surface area contributed by atoms with Crippen LogP contribution in [0.15, 0.2) is 10.6 Å². The van der Waals surface area contributed by atoms with E-state index in [0.717, 1.165) is 37.4 Å². The molecule has 0 radical (unpaired) electrons. The Bertz CT molecular complexity index is 687. The Morgan fingerprint density at radius 2 is 2.17 bits per heavy atom. The Balaban J connectivity index is 1.77. The number of methoxy groups -OCH3 is 1. The first kappa shape index (κ1) is 16.6. The smallest absolute Gasteiger partial charge is 0.265 e.